The van der Waals surface area contributed by atoms with Crippen molar-refractivity contribution in [2.24, 2.45) is 11.8 Å². The van der Waals surface area contributed by atoms with Crippen LogP contribution in [0.1, 0.15) is 20.8 Å². The summed E-state index contributed by atoms with van der Waals surface area (Å²) in [4.78, 5) is 33.2. The van der Waals surface area contributed by atoms with Gasteiger partial charge in [-0.3, -0.25) is 15.1 Å². The predicted molar refractivity (Wildman–Crippen MR) is 79.9 cm³/mol. The highest BCUT2D eigenvalue weighted by Crippen LogP contribution is 2.25. The number of hydrogen-bond donors (Lipinski definition) is 3. The van der Waals surface area contributed by atoms with E-state index in [4.69, 9.17) is 10.6 Å². The Kier molecular flexibility index (Phi) is 4.76. The number of anilines is 2. The topological polar surface area (TPSA) is 122 Å². The molecule has 4 N–H and O–H groups in total. The van der Waals surface area contributed by atoms with Crippen LogP contribution in [0.3, 0.4) is 0 Å². The van der Waals surface area contributed by atoms with E-state index in [9.17, 15) is 9.59 Å². The average Bonchev–Trinajstić information content (AvgIpc) is 2.88. The number of hydrazine groups is 1. The summed E-state index contributed by atoms with van der Waals surface area (Å²) in [6, 6.07) is 0.938. The summed E-state index contributed by atoms with van der Waals surface area (Å²) < 4.78 is 5.10. The second-order valence-corrected chi connectivity index (χ2v) is 5.37. The first kappa shape index (κ1) is 16.0. The fourth-order valence-corrected chi connectivity index (χ4v) is 2.13. The molecule has 1 aromatic heterocycles. The molecule has 1 aliphatic rings. The van der Waals surface area contributed by atoms with Gasteiger partial charge in [-0.15, -0.1) is 0 Å². The molecule has 0 radical (unpaired) electrons. The summed E-state index contributed by atoms with van der Waals surface area (Å²) >= 11 is 0. The zero-order valence-electron chi connectivity index (χ0n) is 12.7. The van der Waals surface area contributed by atoms with Crippen LogP contribution in [-0.2, 0) is 9.53 Å². The zero-order valence-corrected chi connectivity index (χ0v) is 12.7. The van der Waals surface area contributed by atoms with Gasteiger partial charge < -0.3 is 10.1 Å². The summed E-state index contributed by atoms with van der Waals surface area (Å²) in [5.41, 5.74) is 2.04. The van der Waals surface area contributed by atoms with Gasteiger partial charge in [-0.05, 0) is 18.9 Å². The van der Waals surface area contributed by atoms with Gasteiger partial charge in [0.25, 0.3) is 5.91 Å². The van der Waals surface area contributed by atoms with Gasteiger partial charge in [0.1, 0.15) is 18.5 Å². The van der Waals surface area contributed by atoms with Crippen molar-refractivity contribution in [2.75, 3.05) is 16.8 Å². The summed E-state index contributed by atoms with van der Waals surface area (Å²) in [6.45, 7) is 5.97. The number of hydrogen-bond acceptors (Lipinski definition) is 7. The van der Waals surface area contributed by atoms with Crippen LogP contribution in [-0.4, -0.2) is 40.7 Å². The van der Waals surface area contributed by atoms with E-state index in [2.05, 4.69) is 15.3 Å². The molecule has 0 spiro atoms. The molecule has 0 aromatic carbocycles. The molecule has 2 heterocycles. The summed E-state index contributed by atoms with van der Waals surface area (Å²) in [6.07, 6.45) is 1.08. The van der Waals surface area contributed by atoms with Gasteiger partial charge in [-0.1, -0.05) is 13.8 Å². The maximum atomic E-state index is 11.9. The van der Waals surface area contributed by atoms with Crippen LogP contribution >= 0.6 is 0 Å². The minimum absolute atomic E-state index is 0.0833. The predicted octanol–water partition coefficient (Wildman–Crippen LogP) is 0.248. The van der Waals surface area contributed by atoms with Crippen molar-refractivity contribution in [1.29, 1.82) is 0 Å². The van der Waals surface area contributed by atoms with Gasteiger partial charge in [0.15, 0.2) is 0 Å². The summed E-state index contributed by atoms with van der Waals surface area (Å²) in [5, 5.41) is 2.82. The molecule has 1 aromatic rings. The number of ether oxygens (including phenoxy) is 1. The summed E-state index contributed by atoms with van der Waals surface area (Å²) in [7, 11) is 0. The van der Waals surface area contributed by atoms with E-state index in [1.807, 2.05) is 19.3 Å². The molecule has 1 aliphatic heterocycles. The van der Waals surface area contributed by atoms with Crippen molar-refractivity contribution in [3.63, 3.8) is 0 Å². The highest BCUT2D eigenvalue weighted by Gasteiger charge is 2.37. The molecule has 22 heavy (non-hydrogen) atoms. The molecular formula is C13H20N6O3. The Bertz CT molecular complexity index is 564. The molecule has 0 bridgehead atoms. The van der Waals surface area contributed by atoms with Gasteiger partial charge in [-0.25, -0.2) is 15.6 Å². The van der Waals surface area contributed by atoms with Gasteiger partial charge >= 0.3 is 6.09 Å². The lowest BCUT2D eigenvalue weighted by Crippen LogP contribution is -2.42. The number of nitrogens with one attached hydrogen (secondary N) is 2. The Balaban J connectivity index is 2.20. The molecule has 2 atom stereocenters. The van der Waals surface area contributed by atoms with Crippen LogP contribution in [0.4, 0.5) is 16.6 Å². The lowest BCUT2D eigenvalue weighted by molar-refractivity contribution is -0.121. The van der Waals surface area contributed by atoms with Crippen LogP contribution in [0.25, 0.3) is 0 Å². The van der Waals surface area contributed by atoms with Crippen molar-refractivity contribution in [3.8, 4) is 0 Å². The van der Waals surface area contributed by atoms with Gasteiger partial charge in [0.05, 0.1) is 6.04 Å². The lowest BCUT2D eigenvalue weighted by atomic mass is 10.0. The van der Waals surface area contributed by atoms with E-state index in [-0.39, 0.29) is 17.9 Å². The molecule has 0 aliphatic carbocycles. The van der Waals surface area contributed by atoms with Gasteiger partial charge in [0, 0.05) is 6.20 Å². The molecular weight excluding hydrogens is 288 g/mol. The monoisotopic (exact) mass is 308 g/mol. The minimum atomic E-state index is -0.605. The highest BCUT2D eigenvalue weighted by atomic mass is 16.6. The number of carbonyl (C=O) groups excluding carboxylic acids is 2. The number of rotatable bonds is 5. The van der Waals surface area contributed by atoms with Gasteiger partial charge in [-0.2, -0.15) is 4.98 Å². The first-order chi connectivity index (χ1) is 10.4. The van der Waals surface area contributed by atoms with Crippen LogP contribution < -0.4 is 21.5 Å². The standard InChI is InChI=1S/C13H20N6O3/c1-7(2)9-6-22-13(21)19(9)10-4-5-15-12(17-10)16-8(3)11(20)18-14/h4-5,7-9H,6,14H2,1-3H3,(H,18,20)(H,15,16,17)/t8-,9?/m0/s1. The van der Waals surface area contributed by atoms with E-state index >= 15 is 0 Å². The van der Waals surface area contributed by atoms with Crippen molar-refractivity contribution < 1.29 is 14.3 Å². The van der Waals surface area contributed by atoms with Crippen molar-refractivity contribution in [2.45, 2.75) is 32.9 Å². The Morgan fingerprint density at radius 1 is 1.50 bits per heavy atom. The van der Waals surface area contributed by atoms with Crippen LogP contribution in [0.15, 0.2) is 12.3 Å². The quantitative estimate of drug-likeness (QED) is 0.405. The fraction of sp³-hybridized carbons (Fsp3) is 0.538. The zero-order chi connectivity index (χ0) is 16.3. The molecule has 120 valence electrons. The molecule has 9 heteroatoms. The van der Waals surface area contributed by atoms with Crippen LogP contribution in [0, 0.1) is 5.92 Å². The first-order valence-corrected chi connectivity index (χ1v) is 7.00. The van der Waals surface area contributed by atoms with E-state index in [1.54, 1.807) is 13.0 Å². The highest BCUT2D eigenvalue weighted by molar-refractivity contribution is 5.89. The summed E-state index contributed by atoms with van der Waals surface area (Å²) in [5.74, 6) is 5.57. The minimum Gasteiger partial charge on any atom is -0.447 e. The van der Waals surface area contributed by atoms with Crippen molar-refractivity contribution >= 4 is 23.8 Å². The smallest absolute Gasteiger partial charge is 0.415 e. The largest absolute Gasteiger partial charge is 0.447 e. The third-order valence-electron chi connectivity index (χ3n) is 3.44. The number of nitrogens with two attached hydrogens (primary N) is 1. The van der Waals surface area contributed by atoms with Crippen LogP contribution in [0.5, 0.6) is 0 Å². The number of aromatic nitrogens is 2. The second-order valence-electron chi connectivity index (χ2n) is 5.37. The molecule has 1 saturated heterocycles. The molecule has 1 fully saturated rings. The maximum Gasteiger partial charge on any atom is 0.415 e. The third-order valence-corrected chi connectivity index (χ3v) is 3.44. The van der Waals surface area contributed by atoms with Crippen molar-refractivity contribution in [3.05, 3.63) is 12.3 Å². The van der Waals surface area contributed by atoms with Gasteiger partial charge in [0.2, 0.25) is 5.95 Å². The average molecular weight is 308 g/mol. The van der Waals surface area contributed by atoms with E-state index < -0.39 is 18.0 Å². The van der Waals surface area contributed by atoms with Crippen LogP contribution in [0.2, 0.25) is 0 Å². The maximum absolute atomic E-state index is 11.9. The molecule has 0 saturated carbocycles. The Morgan fingerprint density at radius 2 is 2.23 bits per heavy atom. The normalized spacial score (nSPS) is 19.0. The molecule has 2 amide bonds. The number of carbonyl (C=O) groups is 2. The Labute approximate surface area is 128 Å². The lowest BCUT2D eigenvalue weighted by Gasteiger charge is -2.23. The Hall–Kier alpha value is -2.42. The molecule has 9 nitrogen and oxygen atoms in total. The molecule has 1 unspecified atom stereocenters. The SMILES string of the molecule is CC(C)C1COC(=O)N1c1ccnc(N[C@@H](C)C(=O)NN)n1. The third kappa shape index (κ3) is 3.25. The number of cyclic esters (lactones) is 1. The van der Waals surface area contributed by atoms with E-state index in [0.29, 0.717) is 12.4 Å². The Morgan fingerprint density at radius 3 is 2.86 bits per heavy atom. The second kappa shape index (κ2) is 6.56. The number of amides is 2. The fourth-order valence-electron chi connectivity index (χ4n) is 2.13. The van der Waals surface area contributed by atoms with E-state index in [1.165, 1.54) is 11.1 Å². The first-order valence-electron chi connectivity index (χ1n) is 7.00. The van der Waals surface area contributed by atoms with E-state index in [0.717, 1.165) is 0 Å². The van der Waals surface area contributed by atoms with Crippen molar-refractivity contribution in [1.82, 2.24) is 15.4 Å². The number of nitrogens with zero attached hydrogens (tertiary/aromatic N) is 3. The molecule has 2 rings (SSSR count).